The van der Waals surface area contributed by atoms with Gasteiger partial charge in [0, 0.05) is 22.7 Å². The maximum Gasteiger partial charge on any atom is 0.323 e. The van der Waals surface area contributed by atoms with Gasteiger partial charge in [-0.2, -0.15) is 0 Å². The number of anilines is 4. The molecule has 3 rings (SSSR count). The van der Waals surface area contributed by atoms with Gasteiger partial charge in [-0.05, 0) is 61.0 Å². The minimum Gasteiger partial charge on any atom is -0.356 e. The Kier molecular flexibility index (Phi) is 4.77. The van der Waals surface area contributed by atoms with Gasteiger partial charge in [-0.3, -0.25) is 0 Å². The highest BCUT2D eigenvalue weighted by molar-refractivity contribution is 5.99. The van der Waals surface area contributed by atoms with E-state index in [9.17, 15) is 4.79 Å². The molecule has 4 heteroatoms. The van der Waals surface area contributed by atoms with Crippen molar-refractivity contribution in [3.8, 4) is 0 Å². The third-order valence-electron chi connectivity index (χ3n) is 3.48. The maximum atomic E-state index is 12.0. The van der Waals surface area contributed by atoms with E-state index >= 15 is 0 Å². The number of benzene rings is 3. The van der Waals surface area contributed by atoms with Crippen molar-refractivity contribution in [2.24, 2.45) is 0 Å². The van der Waals surface area contributed by atoms with Crippen LogP contribution in [0.2, 0.25) is 0 Å². The predicted octanol–water partition coefficient (Wildman–Crippen LogP) is 5.38. The number of rotatable bonds is 4. The van der Waals surface area contributed by atoms with Crippen LogP contribution in [0.5, 0.6) is 0 Å². The van der Waals surface area contributed by atoms with Crippen molar-refractivity contribution >= 4 is 28.8 Å². The lowest BCUT2D eigenvalue weighted by molar-refractivity contribution is 0.262. The third kappa shape index (κ3) is 4.36. The second kappa shape index (κ2) is 7.33. The second-order valence-electron chi connectivity index (χ2n) is 5.52. The van der Waals surface area contributed by atoms with Gasteiger partial charge >= 0.3 is 6.03 Å². The first-order valence-electron chi connectivity index (χ1n) is 7.76. The lowest BCUT2D eigenvalue weighted by Crippen LogP contribution is -2.19. The highest BCUT2D eigenvalue weighted by Crippen LogP contribution is 2.19. The Morgan fingerprint density at radius 3 is 1.96 bits per heavy atom. The quantitative estimate of drug-likeness (QED) is 0.605. The second-order valence-corrected chi connectivity index (χ2v) is 5.52. The van der Waals surface area contributed by atoms with Gasteiger partial charge in [0.15, 0.2) is 0 Å². The molecule has 0 heterocycles. The van der Waals surface area contributed by atoms with Gasteiger partial charge in [-0.15, -0.1) is 0 Å². The number of amides is 2. The summed E-state index contributed by atoms with van der Waals surface area (Å²) in [5.41, 5.74) is 4.60. The molecule has 0 aliphatic carbocycles. The van der Waals surface area contributed by atoms with Crippen molar-refractivity contribution in [1.82, 2.24) is 0 Å². The van der Waals surface area contributed by atoms with Gasteiger partial charge in [-0.25, -0.2) is 4.79 Å². The topological polar surface area (TPSA) is 53.2 Å². The summed E-state index contributed by atoms with van der Waals surface area (Å²) in [6.07, 6.45) is 0. The average Bonchev–Trinajstić information content (AvgIpc) is 2.57. The summed E-state index contributed by atoms with van der Waals surface area (Å²) in [4.78, 5) is 12.0. The van der Waals surface area contributed by atoms with Gasteiger partial charge in [0.25, 0.3) is 0 Å². The number of nitrogens with one attached hydrogen (secondary N) is 3. The molecule has 0 spiro atoms. The Bertz CT molecular complexity index is 814. The van der Waals surface area contributed by atoms with E-state index < -0.39 is 0 Å². The highest BCUT2D eigenvalue weighted by atomic mass is 16.2. The molecule has 0 atom stereocenters. The molecule has 0 unspecified atom stereocenters. The Morgan fingerprint density at radius 2 is 1.25 bits per heavy atom. The predicted molar refractivity (Wildman–Crippen MR) is 100.0 cm³/mol. The van der Waals surface area contributed by atoms with Gasteiger partial charge in [-0.1, -0.05) is 30.3 Å². The molecule has 3 N–H and O–H groups in total. The number of hydrogen-bond acceptors (Lipinski definition) is 2. The minimum atomic E-state index is -0.260. The van der Waals surface area contributed by atoms with Crippen LogP contribution in [0.3, 0.4) is 0 Å². The fourth-order valence-electron chi connectivity index (χ4n) is 2.34. The molecule has 120 valence electrons. The molecule has 4 nitrogen and oxygen atoms in total. The van der Waals surface area contributed by atoms with E-state index in [0.717, 1.165) is 28.3 Å². The summed E-state index contributed by atoms with van der Waals surface area (Å²) < 4.78 is 0. The maximum absolute atomic E-state index is 12.0. The van der Waals surface area contributed by atoms with Crippen LogP contribution in [0.4, 0.5) is 27.5 Å². The van der Waals surface area contributed by atoms with Gasteiger partial charge in [0.1, 0.15) is 0 Å². The summed E-state index contributed by atoms with van der Waals surface area (Å²) in [6.45, 7) is 1.99. The number of carbonyl (C=O) groups excluding carboxylic acids is 1. The van der Waals surface area contributed by atoms with Crippen LogP contribution in [0.1, 0.15) is 5.56 Å². The number of urea groups is 1. The molecule has 24 heavy (non-hydrogen) atoms. The number of aryl methyl sites for hydroxylation is 1. The van der Waals surface area contributed by atoms with Crippen molar-refractivity contribution in [3.05, 3.63) is 84.4 Å². The van der Waals surface area contributed by atoms with Gasteiger partial charge < -0.3 is 16.0 Å². The molecular weight excluding hydrogens is 298 g/mol. The molecule has 0 aliphatic heterocycles. The van der Waals surface area contributed by atoms with Crippen LogP contribution in [0.25, 0.3) is 0 Å². The number of carbonyl (C=O) groups is 1. The van der Waals surface area contributed by atoms with Crippen LogP contribution in [-0.4, -0.2) is 6.03 Å². The molecule has 0 aromatic heterocycles. The number of para-hydroxylation sites is 1. The van der Waals surface area contributed by atoms with E-state index in [-0.39, 0.29) is 6.03 Å². The SMILES string of the molecule is Cc1cccc(NC(=O)Nc2ccc(Nc3ccccc3)cc2)c1. The van der Waals surface area contributed by atoms with Crippen LogP contribution in [0.15, 0.2) is 78.9 Å². The molecule has 0 saturated heterocycles. The first-order valence-corrected chi connectivity index (χ1v) is 7.76. The average molecular weight is 317 g/mol. The first kappa shape index (κ1) is 15.6. The van der Waals surface area contributed by atoms with E-state index in [0.29, 0.717) is 0 Å². The minimum absolute atomic E-state index is 0.260. The van der Waals surface area contributed by atoms with Crippen molar-refractivity contribution in [1.29, 1.82) is 0 Å². The summed E-state index contributed by atoms with van der Waals surface area (Å²) in [5.74, 6) is 0. The summed E-state index contributed by atoms with van der Waals surface area (Å²) in [6, 6.07) is 24.9. The Balaban J connectivity index is 1.58. The molecule has 0 bridgehead atoms. The normalized spacial score (nSPS) is 10.0. The van der Waals surface area contributed by atoms with Crippen LogP contribution in [0, 0.1) is 6.92 Å². The molecule has 0 saturated carbocycles. The number of hydrogen-bond donors (Lipinski definition) is 3. The Hall–Kier alpha value is -3.27. The molecule has 0 radical (unpaired) electrons. The zero-order valence-electron chi connectivity index (χ0n) is 13.4. The van der Waals surface area contributed by atoms with E-state index in [1.54, 1.807) is 0 Å². The monoisotopic (exact) mass is 317 g/mol. The van der Waals surface area contributed by atoms with Crippen LogP contribution in [-0.2, 0) is 0 Å². The summed E-state index contributed by atoms with van der Waals surface area (Å²) in [5, 5.41) is 8.95. The van der Waals surface area contributed by atoms with Gasteiger partial charge in [0.05, 0.1) is 0 Å². The molecular formula is C20H19N3O. The van der Waals surface area contributed by atoms with Crippen molar-refractivity contribution in [2.75, 3.05) is 16.0 Å². The molecule has 0 fully saturated rings. The summed E-state index contributed by atoms with van der Waals surface area (Å²) in [7, 11) is 0. The lowest BCUT2D eigenvalue weighted by Gasteiger charge is -2.10. The van der Waals surface area contributed by atoms with Gasteiger partial charge in [0.2, 0.25) is 0 Å². The van der Waals surface area contributed by atoms with Crippen LogP contribution >= 0.6 is 0 Å². The molecule has 2 amide bonds. The third-order valence-corrected chi connectivity index (χ3v) is 3.48. The van der Waals surface area contributed by atoms with E-state index in [4.69, 9.17) is 0 Å². The first-order chi connectivity index (χ1) is 11.7. The fourth-order valence-corrected chi connectivity index (χ4v) is 2.34. The molecule has 3 aromatic rings. The Labute approximate surface area is 141 Å². The Morgan fingerprint density at radius 1 is 0.667 bits per heavy atom. The van der Waals surface area contributed by atoms with E-state index in [2.05, 4.69) is 16.0 Å². The van der Waals surface area contributed by atoms with Crippen molar-refractivity contribution in [2.45, 2.75) is 6.92 Å². The molecule has 0 aliphatic rings. The largest absolute Gasteiger partial charge is 0.356 e. The lowest BCUT2D eigenvalue weighted by atomic mass is 10.2. The highest BCUT2D eigenvalue weighted by Gasteiger charge is 2.03. The standard InChI is InChI=1S/C20H19N3O/c1-15-6-5-9-19(14-15)23-20(24)22-18-12-10-17(11-13-18)21-16-7-3-2-4-8-16/h2-14,21H,1H3,(H2,22,23,24). The fraction of sp³-hybridized carbons (Fsp3) is 0.0500. The molecule has 3 aromatic carbocycles. The smallest absolute Gasteiger partial charge is 0.323 e. The van der Waals surface area contributed by atoms with E-state index in [1.165, 1.54) is 0 Å². The van der Waals surface area contributed by atoms with Crippen molar-refractivity contribution in [3.63, 3.8) is 0 Å². The zero-order valence-corrected chi connectivity index (χ0v) is 13.4. The summed E-state index contributed by atoms with van der Waals surface area (Å²) >= 11 is 0. The van der Waals surface area contributed by atoms with Crippen LogP contribution < -0.4 is 16.0 Å². The van der Waals surface area contributed by atoms with E-state index in [1.807, 2.05) is 85.8 Å². The zero-order chi connectivity index (χ0) is 16.8. The van der Waals surface area contributed by atoms with Crippen molar-refractivity contribution < 1.29 is 4.79 Å².